The molecule has 0 radical (unpaired) electrons. The molecule has 20 heavy (non-hydrogen) atoms. The van der Waals surface area contributed by atoms with Crippen molar-refractivity contribution in [1.82, 2.24) is 5.16 Å². The van der Waals surface area contributed by atoms with Crippen molar-refractivity contribution in [2.45, 2.75) is 12.5 Å². The smallest absolute Gasteiger partial charge is 0.230 e. The summed E-state index contributed by atoms with van der Waals surface area (Å²) in [5, 5.41) is 3.69. The number of para-hydroxylation sites is 1. The van der Waals surface area contributed by atoms with Gasteiger partial charge in [0.25, 0.3) is 0 Å². The van der Waals surface area contributed by atoms with Gasteiger partial charge in [-0.3, -0.25) is 0 Å². The summed E-state index contributed by atoms with van der Waals surface area (Å²) in [5.74, 6) is 1.54. The number of nitrogens with two attached hydrogens (primary N) is 1. The second-order valence-corrected chi connectivity index (χ2v) is 4.54. The molecule has 1 atom stereocenters. The van der Waals surface area contributed by atoms with E-state index in [4.69, 9.17) is 24.5 Å². The van der Waals surface area contributed by atoms with Crippen LogP contribution >= 0.6 is 0 Å². The van der Waals surface area contributed by atoms with Crippen LogP contribution in [0.1, 0.15) is 6.42 Å². The predicted octanol–water partition coefficient (Wildman–Crippen LogP) is 2.10. The van der Waals surface area contributed by atoms with Gasteiger partial charge >= 0.3 is 0 Å². The number of nitrogens with zero attached hydrogens (tertiary/aromatic N) is 1. The Balaban J connectivity index is 1.97. The minimum Gasteiger partial charge on any atom is -0.492 e. The first-order valence-corrected chi connectivity index (χ1v) is 6.41. The van der Waals surface area contributed by atoms with Crippen LogP contribution < -0.4 is 15.2 Å². The maximum Gasteiger partial charge on any atom is 0.230 e. The molecule has 2 N–H and O–H groups in total. The van der Waals surface area contributed by atoms with E-state index in [9.17, 15) is 0 Å². The molecule has 2 heterocycles. The van der Waals surface area contributed by atoms with Crippen LogP contribution in [0.15, 0.2) is 28.9 Å². The summed E-state index contributed by atoms with van der Waals surface area (Å²) < 4.78 is 21.6. The molecule has 1 fully saturated rings. The fraction of sp³-hybridized carbons (Fsp3) is 0.357. The molecule has 1 unspecified atom stereocenters. The van der Waals surface area contributed by atoms with Crippen molar-refractivity contribution in [3.63, 3.8) is 0 Å². The lowest BCUT2D eigenvalue weighted by atomic mass is 10.1. The van der Waals surface area contributed by atoms with Gasteiger partial charge in [0.05, 0.1) is 32.1 Å². The van der Waals surface area contributed by atoms with E-state index in [0.29, 0.717) is 23.7 Å². The van der Waals surface area contributed by atoms with Crippen LogP contribution in [0, 0.1) is 0 Å². The van der Waals surface area contributed by atoms with Gasteiger partial charge in [-0.25, -0.2) is 0 Å². The first-order valence-electron chi connectivity index (χ1n) is 6.41. The molecule has 0 spiro atoms. The molecule has 0 aliphatic carbocycles. The molecular formula is C14H16N2O4. The Labute approximate surface area is 116 Å². The van der Waals surface area contributed by atoms with E-state index in [2.05, 4.69) is 5.16 Å². The average molecular weight is 276 g/mol. The lowest BCUT2D eigenvalue weighted by Crippen LogP contribution is -2.16. The monoisotopic (exact) mass is 276 g/mol. The van der Waals surface area contributed by atoms with Gasteiger partial charge in [0.15, 0.2) is 11.5 Å². The summed E-state index contributed by atoms with van der Waals surface area (Å²) in [6.45, 7) is 1.33. The van der Waals surface area contributed by atoms with E-state index in [0.717, 1.165) is 18.6 Å². The Hall–Kier alpha value is -2.21. The van der Waals surface area contributed by atoms with Crippen molar-refractivity contribution in [1.29, 1.82) is 0 Å². The number of hydrogen-bond donors (Lipinski definition) is 1. The molecule has 0 bridgehead atoms. The van der Waals surface area contributed by atoms with Crippen LogP contribution in [0.2, 0.25) is 0 Å². The van der Waals surface area contributed by atoms with Crippen molar-refractivity contribution in [2.24, 2.45) is 0 Å². The third-order valence-electron chi connectivity index (χ3n) is 3.25. The molecule has 1 aromatic carbocycles. The summed E-state index contributed by atoms with van der Waals surface area (Å²) in [5.41, 5.74) is 7.25. The Bertz CT molecular complexity index is 591. The summed E-state index contributed by atoms with van der Waals surface area (Å²) in [6, 6.07) is 5.64. The standard InChI is InChI=1S/C14H16N2O4/c1-17-13-10(11-7-16-20-14(11)15)3-2-4-12(13)19-9-5-6-18-8-9/h2-4,7,9H,5-6,8,15H2,1H3. The summed E-state index contributed by atoms with van der Waals surface area (Å²) in [4.78, 5) is 0. The Kier molecular flexibility index (Phi) is 3.47. The molecule has 106 valence electrons. The third kappa shape index (κ3) is 2.30. The van der Waals surface area contributed by atoms with E-state index < -0.39 is 0 Å². The second kappa shape index (κ2) is 5.42. The molecule has 3 rings (SSSR count). The lowest BCUT2D eigenvalue weighted by molar-refractivity contribution is 0.139. The summed E-state index contributed by atoms with van der Waals surface area (Å²) in [6.07, 6.45) is 2.50. The number of hydrogen-bond acceptors (Lipinski definition) is 6. The molecule has 6 nitrogen and oxygen atoms in total. The van der Waals surface area contributed by atoms with Crippen molar-refractivity contribution in [3.8, 4) is 22.6 Å². The highest BCUT2D eigenvalue weighted by Crippen LogP contribution is 2.40. The lowest BCUT2D eigenvalue weighted by Gasteiger charge is -2.17. The molecule has 6 heteroatoms. The normalized spacial score (nSPS) is 18.1. The Morgan fingerprint density at radius 3 is 2.90 bits per heavy atom. The van der Waals surface area contributed by atoms with Gasteiger partial charge in [-0.1, -0.05) is 17.3 Å². The molecule has 1 aliphatic rings. The maximum absolute atomic E-state index is 5.93. The van der Waals surface area contributed by atoms with Crippen LogP contribution in [0.25, 0.3) is 11.1 Å². The van der Waals surface area contributed by atoms with Gasteiger partial charge in [-0.15, -0.1) is 0 Å². The van der Waals surface area contributed by atoms with E-state index in [-0.39, 0.29) is 12.0 Å². The van der Waals surface area contributed by atoms with Gasteiger partial charge < -0.3 is 24.5 Å². The molecule has 1 saturated heterocycles. The molecule has 2 aromatic rings. The first kappa shape index (κ1) is 12.8. The van der Waals surface area contributed by atoms with Crippen molar-refractivity contribution < 1.29 is 18.7 Å². The quantitative estimate of drug-likeness (QED) is 0.921. The fourth-order valence-electron chi connectivity index (χ4n) is 2.27. The zero-order valence-electron chi connectivity index (χ0n) is 11.2. The zero-order chi connectivity index (χ0) is 13.9. The number of anilines is 1. The van der Waals surface area contributed by atoms with Crippen LogP contribution in [-0.2, 0) is 4.74 Å². The Morgan fingerprint density at radius 2 is 2.25 bits per heavy atom. The topological polar surface area (TPSA) is 79.7 Å². The maximum atomic E-state index is 5.93. The zero-order valence-corrected chi connectivity index (χ0v) is 11.2. The third-order valence-corrected chi connectivity index (χ3v) is 3.25. The highest BCUT2D eigenvalue weighted by Gasteiger charge is 2.21. The highest BCUT2D eigenvalue weighted by atomic mass is 16.6. The second-order valence-electron chi connectivity index (χ2n) is 4.54. The average Bonchev–Trinajstić information content (AvgIpc) is 3.10. The number of benzene rings is 1. The van der Waals surface area contributed by atoms with Gasteiger partial charge in [-0.2, -0.15) is 0 Å². The molecule has 1 aliphatic heterocycles. The highest BCUT2D eigenvalue weighted by molar-refractivity contribution is 5.79. The summed E-state index contributed by atoms with van der Waals surface area (Å²) in [7, 11) is 1.60. The fourth-order valence-corrected chi connectivity index (χ4v) is 2.27. The SMILES string of the molecule is COc1c(OC2CCOC2)cccc1-c1cnoc1N. The van der Waals surface area contributed by atoms with Crippen molar-refractivity contribution in [2.75, 3.05) is 26.1 Å². The van der Waals surface area contributed by atoms with Crippen molar-refractivity contribution >= 4 is 5.88 Å². The molecule has 0 saturated carbocycles. The van der Waals surface area contributed by atoms with Gasteiger partial charge in [-0.05, 0) is 6.07 Å². The largest absolute Gasteiger partial charge is 0.492 e. The van der Waals surface area contributed by atoms with Crippen LogP contribution in [0.4, 0.5) is 5.88 Å². The van der Waals surface area contributed by atoms with Gasteiger partial charge in [0.2, 0.25) is 5.88 Å². The minimum atomic E-state index is 0.0546. The molecular weight excluding hydrogens is 260 g/mol. The number of nitrogen functional groups attached to an aromatic ring is 1. The molecule has 0 amide bonds. The van der Waals surface area contributed by atoms with Crippen LogP contribution in [0.5, 0.6) is 11.5 Å². The predicted molar refractivity (Wildman–Crippen MR) is 72.8 cm³/mol. The first-order chi connectivity index (χ1) is 9.79. The molecule has 1 aromatic heterocycles. The van der Waals surface area contributed by atoms with E-state index >= 15 is 0 Å². The van der Waals surface area contributed by atoms with E-state index in [1.807, 2.05) is 18.2 Å². The van der Waals surface area contributed by atoms with Crippen LogP contribution in [0.3, 0.4) is 0 Å². The van der Waals surface area contributed by atoms with E-state index in [1.165, 1.54) is 0 Å². The van der Waals surface area contributed by atoms with Gasteiger partial charge in [0, 0.05) is 12.0 Å². The summed E-state index contributed by atoms with van der Waals surface area (Å²) >= 11 is 0. The number of aromatic nitrogens is 1. The number of ether oxygens (including phenoxy) is 3. The van der Waals surface area contributed by atoms with Crippen LogP contribution in [-0.4, -0.2) is 31.6 Å². The van der Waals surface area contributed by atoms with Crippen molar-refractivity contribution in [3.05, 3.63) is 24.4 Å². The number of methoxy groups -OCH3 is 1. The van der Waals surface area contributed by atoms with E-state index in [1.54, 1.807) is 13.3 Å². The van der Waals surface area contributed by atoms with Gasteiger partial charge in [0.1, 0.15) is 6.10 Å². The minimum absolute atomic E-state index is 0.0546. The Morgan fingerprint density at radius 1 is 1.35 bits per heavy atom. The number of rotatable bonds is 4.